The highest BCUT2D eigenvalue weighted by Crippen LogP contribution is 2.31. The molecule has 3 aromatic rings. The number of carbonyl (C=O) groups is 1. The molecule has 134 valence electrons. The Kier molecular flexibility index (Phi) is 5.33. The van der Waals surface area contributed by atoms with Crippen LogP contribution in [0, 0.1) is 0 Å². The molecule has 0 spiro atoms. The lowest BCUT2D eigenvalue weighted by Gasteiger charge is -2.38. The van der Waals surface area contributed by atoms with Gasteiger partial charge in [0.25, 0.3) is 0 Å². The van der Waals surface area contributed by atoms with Crippen molar-refractivity contribution in [1.82, 2.24) is 4.98 Å². The van der Waals surface area contributed by atoms with Gasteiger partial charge in [-0.1, -0.05) is 35.1 Å². The Morgan fingerprint density at radius 1 is 1.23 bits per heavy atom. The molecule has 4 rings (SSSR count). The number of aromatic nitrogens is 1. The van der Waals surface area contributed by atoms with Crippen LogP contribution in [-0.4, -0.2) is 35.9 Å². The molecular formula is C19H17ClN2O2S2. The Balaban J connectivity index is 1.20. The third kappa shape index (κ3) is 4.14. The molecule has 0 amide bonds. The van der Waals surface area contributed by atoms with Gasteiger partial charge < -0.3 is 9.64 Å². The number of benzene rings is 2. The number of nitrogens with zero attached hydrogens (tertiary/aromatic N) is 2. The van der Waals surface area contributed by atoms with Gasteiger partial charge in [-0.2, -0.15) is 0 Å². The van der Waals surface area contributed by atoms with E-state index in [1.165, 1.54) is 4.70 Å². The second-order valence-electron chi connectivity index (χ2n) is 6.03. The third-order valence-electron chi connectivity index (χ3n) is 4.09. The molecular weight excluding hydrogens is 388 g/mol. The van der Waals surface area contributed by atoms with Crippen LogP contribution in [0.25, 0.3) is 10.2 Å². The predicted molar refractivity (Wildman–Crippen MR) is 109 cm³/mol. The molecule has 0 radical (unpaired) electrons. The molecule has 2 heterocycles. The van der Waals surface area contributed by atoms with Gasteiger partial charge in [0.1, 0.15) is 6.10 Å². The van der Waals surface area contributed by atoms with Gasteiger partial charge in [0.05, 0.1) is 29.7 Å². The first-order valence-corrected chi connectivity index (χ1v) is 10.5. The minimum Gasteiger partial charge on any atom is -0.459 e. The summed E-state index contributed by atoms with van der Waals surface area (Å²) >= 11 is 9.17. The summed E-state index contributed by atoms with van der Waals surface area (Å²) in [5.41, 5.74) is 1.02. The van der Waals surface area contributed by atoms with Crippen molar-refractivity contribution in [2.24, 2.45) is 0 Å². The van der Waals surface area contributed by atoms with E-state index >= 15 is 0 Å². The van der Waals surface area contributed by atoms with Crippen molar-refractivity contribution in [3.05, 3.63) is 53.6 Å². The Morgan fingerprint density at radius 2 is 2.00 bits per heavy atom. The monoisotopic (exact) mass is 404 g/mol. The number of thioether (sulfide) groups is 1. The topological polar surface area (TPSA) is 42.4 Å². The minimum atomic E-state index is -0.139. The molecule has 1 aliphatic rings. The molecule has 0 saturated carbocycles. The van der Waals surface area contributed by atoms with Crippen molar-refractivity contribution in [2.75, 3.05) is 23.7 Å². The van der Waals surface area contributed by atoms with Crippen LogP contribution >= 0.6 is 34.7 Å². The Labute approximate surface area is 165 Å². The number of halogens is 1. The maximum absolute atomic E-state index is 12.0. The average molecular weight is 405 g/mol. The zero-order valence-electron chi connectivity index (χ0n) is 13.9. The largest absolute Gasteiger partial charge is 0.459 e. The fourth-order valence-electron chi connectivity index (χ4n) is 2.69. The molecule has 0 bridgehead atoms. The highest BCUT2D eigenvalue weighted by atomic mass is 35.5. The number of hydrogen-bond acceptors (Lipinski definition) is 6. The molecule has 1 aromatic heterocycles. The normalized spacial score (nSPS) is 14.4. The fourth-order valence-corrected chi connectivity index (χ4v) is 4.63. The van der Waals surface area contributed by atoms with Gasteiger partial charge in [0, 0.05) is 15.7 Å². The number of anilines is 1. The molecule has 0 N–H and O–H groups in total. The first-order valence-electron chi connectivity index (χ1n) is 8.36. The van der Waals surface area contributed by atoms with Crippen LogP contribution in [0.15, 0.2) is 53.4 Å². The van der Waals surface area contributed by atoms with Gasteiger partial charge >= 0.3 is 5.97 Å². The van der Waals surface area contributed by atoms with Crippen molar-refractivity contribution >= 4 is 56.0 Å². The minimum absolute atomic E-state index is 0.0324. The number of fused-ring (bicyclic) bond motifs is 1. The Morgan fingerprint density at radius 3 is 2.77 bits per heavy atom. The van der Waals surface area contributed by atoms with Crippen LogP contribution in [0.5, 0.6) is 0 Å². The summed E-state index contributed by atoms with van der Waals surface area (Å²) in [5.74, 6) is 0.565. The van der Waals surface area contributed by atoms with E-state index < -0.39 is 0 Å². The van der Waals surface area contributed by atoms with E-state index in [4.69, 9.17) is 16.3 Å². The van der Waals surface area contributed by atoms with Crippen LogP contribution in [0.4, 0.5) is 5.13 Å². The standard InChI is InChI=1S/C19H17ClN2O2S2/c20-13-5-7-15(8-6-13)25-10-9-18(23)24-14-11-22(12-14)19-21-16-3-1-2-4-17(16)26-19/h1-8,14H,9-12H2. The summed E-state index contributed by atoms with van der Waals surface area (Å²) in [7, 11) is 0. The van der Waals surface area contributed by atoms with Crippen LogP contribution in [-0.2, 0) is 9.53 Å². The quantitative estimate of drug-likeness (QED) is 0.433. The van der Waals surface area contributed by atoms with E-state index in [-0.39, 0.29) is 12.1 Å². The molecule has 2 aromatic carbocycles. The number of ether oxygens (including phenoxy) is 1. The van der Waals surface area contributed by atoms with Gasteiger partial charge in [0.15, 0.2) is 5.13 Å². The van der Waals surface area contributed by atoms with Crippen LogP contribution in [0.3, 0.4) is 0 Å². The van der Waals surface area contributed by atoms with Gasteiger partial charge in [0.2, 0.25) is 0 Å². The average Bonchev–Trinajstić information content (AvgIpc) is 3.03. The number of rotatable bonds is 6. The van der Waals surface area contributed by atoms with Gasteiger partial charge in [-0.15, -0.1) is 11.8 Å². The third-order valence-corrected chi connectivity index (χ3v) is 6.45. The van der Waals surface area contributed by atoms with Gasteiger partial charge in [-0.25, -0.2) is 4.98 Å². The molecule has 4 nitrogen and oxygen atoms in total. The van der Waals surface area contributed by atoms with E-state index in [1.807, 2.05) is 42.5 Å². The van der Waals surface area contributed by atoms with Crippen molar-refractivity contribution in [3.8, 4) is 0 Å². The second kappa shape index (κ2) is 7.86. The smallest absolute Gasteiger partial charge is 0.307 e. The van der Waals surface area contributed by atoms with Crippen LogP contribution < -0.4 is 4.90 Å². The highest BCUT2D eigenvalue weighted by Gasteiger charge is 2.31. The second-order valence-corrected chi connectivity index (χ2v) is 8.65. The predicted octanol–water partition coefficient (Wildman–Crippen LogP) is 4.86. The number of thiazole rings is 1. The summed E-state index contributed by atoms with van der Waals surface area (Å²) in [4.78, 5) is 19.9. The lowest BCUT2D eigenvalue weighted by Crippen LogP contribution is -2.53. The summed E-state index contributed by atoms with van der Waals surface area (Å²) in [5, 5.41) is 1.72. The first-order chi connectivity index (χ1) is 12.7. The zero-order valence-corrected chi connectivity index (χ0v) is 16.3. The van der Waals surface area contributed by atoms with Gasteiger partial charge in [-0.05, 0) is 36.4 Å². The first kappa shape index (κ1) is 17.6. The molecule has 0 unspecified atom stereocenters. The maximum Gasteiger partial charge on any atom is 0.307 e. The van der Waals surface area contributed by atoms with E-state index in [0.717, 1.165) is 33.7 Å². The van der Waals surface area contributed by atoms with Crippen molar-refractivity contribution in [1.29, 1.82) is 0 Å². The Hall–Kier alpha value is -1.76. The molecule has 1 fully saturated rings. The number of carbonyl (C=O) groups excluding carboxylic acids is 1. The van der Waals surface area contributed by atoms with E-state index in [1.54, 1.807) is 23.1 Å². The number of hydrogen-bond donors (Lipinski definition) is 0. The van der Waals surface area contributed by atoms with E-state index in [2.05, 4.69) is 16.0 Å². The van der Waals surface area contributed by atoms with Crippen molar-refractivity contribution in [3.63, 3.8) is 0 Å². The SMILES string of the molecule is O=C(CCSc1ccc(Cl)cc1)OC1CN(c2nc3ccccc3s2)C1. The summed E-state index contributed by atoms with van der Waals surface area (Å²) in [6.45, 7) is 1.44. The molecule has 26 heavy (non-hydrogen) atoms. The van der Waals surface area contributed by atoms with Crippen molar-refractivity contribution in [2.45, 2.75) is 17.4 Å². The maximum atomic E-state index is 12.0. The lowest BCUT2D eigenvalue weighted by molar-refractivity contribution is -0.149. The Bertz CT molecular complexity index is 874. The highest BCUT2D eigenvalue weighted by molar-refractivity contribution is 7.99. The lowest BCUT2D eigenvalue weighted by atomic mass is 10.2. The van der Waals surface area contributed by atoms with Crippen LogP contribution in [0.2, 0.25) is 5.02 Å². The molecule has 1 saturated heterocycles. The molecule has 7 heteroatoms. The molecule has 0 aliphatic carbocycles. The summed E-state index contributed by atoms with van der Waals surface area (Å²) in [6, 6.07) is 15.7. The van der Waals surface area contributed by atoms with E-state index in [0.29, 0.717) is 12.2 Å². The van der Waals surface area contributed by atoms with Crippen LogP contribution in [0.1, 0.15) is 6.42 Å². The zero-order chi connectivity index (χ0) is 17.9. The fraction of sp³-hybridized carbons (Fsp3) is 0.263. The number of esters is 1. The molecule has 1 aliphatic heterocycles. The van der Waals surface area contributed by atoms with Crippen molar-refractivity contribution < 1.29 is 9.53 Å². The van der Waals surface area contributed by atoms with Gasteiger partial charge in [-0.3, -0.25) is 4.79 Å². The van der Waals surface area contributed by atoms with E-state index in [9.17, 15) is 4.79 Å². The molecule has 0 atom stereocenters. The number of para-hydroxylation sites is 1. The summed E-state index contributed by atoms with van der Waals surface area (Å²) < 4.78 is 6.71. The summed E-state index contributed by atoms with van der Waals surface area (Å²) in [6.07, 6.45) is 0.375.